The molecule has 5 nitrogen and oxygen atoms in total. The number of H-pyrrole nitrogens is 1. The standard InChI is InChI=1S/C8H12N4O/c9-7-1-2-12(5-7)8(13)6-3-10-11-4-6/h3-4,7H,1-2,5,9H2,(H,10,11)/t7-/m0/s1. The number of hydrogen-bond donors (Lipinski definition) is 2. The second kappa shape index (κ2) is 3.18. The van der Waals surface area contributed by atoms with Crippen LogP contribution in [-0.4, -0.2) is 40.1 Å². The number of nitrogens with two attached hydrogens (primary N) is 1. The summed E-state index contributed by atoms with van der Waals surface area (Å²) >= 11 is 0. The SMILES string of the molecule is N[C@H]1CCN(C(=O)c2cn[nH]c2)C1. The fraction of sp³-hybridized carbons (Fsp3) is 0.500. The molecule has 2 heterocycles. The Kier molecular flexibility index (Phi) is 2.02. The molecule has 0 radical (unpaired) electrons. The van der Waals surface area contributed by atoms with Crippen molar-refractivity contribution >= 4 is 5.91 Å². The van der Waals surface area contributed by atoms with Crippen molar-refractivity contribution in [1.29, 1.82) is 0 Å². The molecule has 1 amide bonds. The Labute approximate surface area is 75.9 Å². The lowest BCUT2D eigenvalue weighted by Gasteiger charge is -2.13. The van der Waals surface area contributed by atoms with Crippen LogP contribution in [0.4, 0.5) is 0 Å². The number of nitrogens with one attached hydrogen (secondary N) is 1. The first kappa shape index (κ1) is 8.25. The van der Waals surface area contributed by atoms with Crippen molar-refractivity contribution in [3.63, 3.8) is 0 Å². The highest BCUT2D eigenvalue weighted by atomic mass is 16.2. The topological polar surface area (TPSA) is 75.0 Å². The first-order valence-electron chi connectivity index (χ1n) is 4.31. The number of amides is 1. The van der Waals surface area contributed by atoms with Crippen LogP contribution in [0.1, 0.15) is 16.8 Å². The number of carbonyl (C=O) groups is 1. The smallest absolute Gasteiger partial charge is 0.257 e. The third-order valence-electron chi connectivity index (χ3n) is 2.26. The number of aromatic nitrogens is 2. The van der Waals surface area contributed by atoms with Crippen LogP contribution in [0.2, 0.25) is 0 Å². The van der Waals surface area contributed by atoms with E-state index in [-0.39, 0.29) is 11.9 Å². The highest BCUT2D eigenvalue weighted by molar-refractivity contribution is 5.93. The van der Waals surface area contributed by atoms with Crippen molar-refractivity contribution in [1.82, 2.24) is 15.1 Å². The Morgan fingerprint density at radius 3 is 3.15 bits per heavy atom. The number of rotatable bonds is 1. The summed E-state index contributed by atoms with van der Waals surface area (Å²) in [6, 6.07) is 0.135. The van der Waals surface area contributed by atoms with Gasteiger partial charge in [-0.1, -0.05) is 0 Å². The molecule has 5 heteroatoms. The summed E-state index contributed by atoms with van der Waals surface area (Å²) < 4.78 is 0. The zero-order chi connectivity index (χ0) is 9.26. The van der Waals surface area contributed by atoms with Gasteiger partial charge in [0, 0.05) is 25.3 Å². The molecule has 1 atom stereocenters. The van der Waals surface area contributed by atoms with Crippen LogP contribution >= 0.6 is 0 Å². The number of likely N-dealkylation sites (tertiary alicyclic amines) is 1. The van der Waals surface area contributed by atoms with Crippen molar-refractivity contribution in [3.8, 4) is 0 Å². The summed E-state index contributed by atoms with van der Waals surface area (Å²) in [5.41, 5.74) is 6.30. The van der Waals surface area contributed by atoms with Gasteiger partial charge in [0.25, 0.3) is 5.91 Å². The maximum Gasteiger partial charge on any atom is 0.257 e. The summed E-state index contributed by atoms with van der Waals surface area (Å²) in [4.78, 5) is 13.4. The van der Waals surface area contributed by atoms with E-state index in [1.165, 1.54) is 6.20 Å². The Morgan fingerprint density at radius 2 is 2.62 bits per heavy atom. The quantitative estimate of drug-likeness (QED) is 0.616. The fourth-order valence-electron chi connectivity index (χ4n) is 1.52. The van der Waals surface area contributed by atoms with Gasteiger partial charge in [0.2, 0.25) is 0 Å². The Bertz CT molecular complexity index is 295. The van der Waals surface area contributed by atoms with E-state index >= 15 is 0 Å². The van der Waals surface area contributed by atoms with E-state index < -0.39 is 0 Å². The third kappa shape index (κ3) is 1.55. The normalized spacial score (nSPS) is 22.2. The highest BCUT2D eigenvalue weighted by Crippen LogP contribution is 2.10. The molecule has 1 aromatic rings. The second-order valence-electron chi connectivity index (χ2n) is 3.29. The molecule has 0 aliphatic carbocycles. The lowest BCUT2D eigenvalue weighted by Crippen LogP contribution is -2.31. The van der Waals surface area contributed by atoms with Gasteiger partial charge < -0.3 is 10.6 Å². The summed E-state index contributed by atoms with van der Waals surface area (Å²) in [6.45, 7) is 1.41. The lowest BCUT2D eigenvalue weighted by atomic mass is 10.3. The molecule has 70 valence electrons. The highest BCUT2D eigenvalue weighted by Gasteiger charge is 2.24. The van der Waals surface area contributed by atoms with Crippen LogP contribution in [0.5, 0.6) is 0 Å². The van der Waals surface area contributed by atoms with Crippen molar-refractivity contribution < 1.29 is 4.79 Å². The predicted molar refractivity (Wildman–Crippen MR) is 47.1 cm³/mol. The summed E-state index contributed by atoms with van der Waals surface area (Å²) in [7, 11) is 0. The van der Waals surface area contributed by atoms with E-state index in [9.17, 15) is 4.79 Å². The summed E-state index contributed by atoms with van der Waals surface area (Å²) in [5, 5.41) is 6.35. The van der Waals surface area contributed by atoms with Crippen LogP contribution in [0.3, 0.4) is 0 Å². The molecule has 13 heavy (non-hydrogen) atoms. The van der Waals surface area contributed by atoms with Gasteiger partial charge in [0.15, 0.2) is 0 Å². The molecule has 0 aromatic carbocycles. The zero-order valence-electron chi connectivity index (χ0n) is 7.23. The van der Waals surface area contributed by atoms with E-state index in [0.717, 1.165) is 13.0 Å². The average molecular weight is 180 g/mol. The van der Waals surface area contributed by atoms with Gasteiger partial charge in [-0.3, -0.25) is 9.89 Å². The molecular formula is C8H12N4O. The van der Waals surface area contributed by atoms with Crippen LogP contribution in [0, 0.1) is 0 Å². The molecular weight excluding hydrogens is 168 g/mol. The van der Waals surface area contributed by atoms with Gasteiger partial charge in [-0.15, -0.1) is 0 Å². The maximum atomic E-state index is 11.7. The Balaban J connectivity index is 2.06. The Morgan fingerprint density at radius 1 is 1.77 bits per heavy atom. The molecule has 2 rings (SSSR count). The van der Waals surface area contributed by atoms with E-state index in [2.05, 4.69) is 10.2 Å². The predicted octanol–water partition coefficient (Wildman–Crippen LogP) is -0.417. The first-order valence-corrected chi connectivity index (χ1v) is 4.31. The minimum atomic E-state index is 0.0155. The summed E-state index contributed by atoms with van der Waals surface area (Å²) in [6.07, 6.45) is 4.03. The third-order valence-corrected chi connectivity index (χ3v) is 2.26. The zero-order valence-corrected chi connectivity index (χ0v) is 7.23. The van der Waals surface area contributed by atoms with Crippen molar-refractivity contribution in [3.05, 3.63) is 18.0 Å². The van der Waals surface area contributed by atoms with Crippen LogP contribution in [-0.2, 0) is 0 Å². The van der Waals surface area contributed by atoms with Crippen LogP contribution in [0.15, 0.2) is 12.4 Å². The Hall–Kier alpha value is -1.36. The largest absolute Gasteiger partial charge is 0.337 e. The molecule has 1 aliphatic heterocycles. The first-order chi connectivity index (χ1) is 6.27. The molecule has 1 aromatic heterocycles. The maximum absolute atomic E-state index is 11.7. The molecule has 0 bridgehead atoms. The minimum Gasteiger partial charge on any atom is -0.337 e. The van der Waals surface area contributed by atoms with Gasteiger partial charge in [-0.05, 0) is 6.42 Å². The average Bonchev–Trinajstić information content (AvgIpc) is 2.72. The van der Waals surface area contributed by atoms with E-state index in [1.54, 1.807) is 11.1 Å². The monoisotopic (exact) mass is 180 g/mol. The molecule has 0 unspecified atom stereocenters. The van der Waals surface area contributed by atoms with Crippen LogP contribution < -0.4 is 5.73 Å². The van der Waals surface area contributed by atoms with Crippen molar-refractivity contribution in [2.24, 2.45) is 5.73 Å². The van der Waals surface area contributed by atoms with Gasteiger partial charge in [0.05, 0.1) is 11.8 Å². The van der Waals surface area contributed by atoms with Crippen molar-refractivity contribution in [2.75, 3.05) is 13.1 Å². The van der Waals surface area contributed by atoms with Gasteiger partial charge >= 0.3 is 0 Å². The van der Waals surface area contributed by atoms with Crippen LogP contribution in [0.25, 0.3) is 0 Å². The fourth-order valence-corrected chi connectivity index (χ4v) is 1.52. The van der Waals surface area contributed by atoms with E-state index in [4.69, 9.17) is 5.73 Å². The number of hydrogen-bond acceptors (Lipinski definition) is 3. The number of aromatic amines is 1. The van der Waals surface area contributed by atoms with Gasteiger partial charge in [-0.2, -0.15) is 5.10 Å². The molecule has 3 N–H and O–H groups in total. The van der Waals surface area contributed by atoms with Gasteiger partial charge in [0.1, 0.15) is 0 Å². The number of nitrogens with zero attached hydrogens (tertiary/aromatic N) is 2. The summed E-state index contributed by atoms with van der Waals surface area (Å²) in [5.74, 6) is 0.0155. The molecule has 1 aliphatic rings. The molecule has 0 saturated carbocycles. The minimum absolute atomic E-state index is 0.0155. The van der Waals surface area contributed by atoms with Gasteiger partial charge in [-0.25, -0.2) is 0 Å². The van der Waals surface area contributed by atoms with E-state index in [1.807, 2.05) is 0 Å². The molecule has 0 spiro atoms. The number of carbonyl (C=O) groups excluding carboxylic acids is 1. The molecule has 1 fully saturated rings. The molecule has 1 saturated heterocycles. The second-order valence-corrected chi connectivity index (χ2v) is 3.29. The lowest BCUT2D eigenvalue weighted by molar-refractivity contribution is 0.0791. The van der Waals surface area contributed by atoms with E-state index in [0.29, 0.717) is 12.1 Å². The van der Waals surface area contributed by atoms with Crippen molar-refractivity contribution in [2.45, 2.75) is 12.5 Å².